The number of rotatable bonds is 5. The van der Waals surface area contributed by atoms with Gasteiger partial charge in [-0.05, 0) is 51.4 Å². The highest BCUT2D eigenvalue weighted by Crippen LogP contribution is 2.13. The molecule has 0 atom stereocenters. The molecule has 4 nitrogen and oxygen atoms in total. The van der Waals surface area contributed by atoms with Crippen molar-refractivity contribution in [3.63, 3.8) is 0 Å². The first-order valence-corrected chi connectivity index (χ1v) is 6.82. The van der Waals surface area contributed by atoms with Gasteiger partial charge in [0, 0.05) is 17.9 Å². The zero-order valence-corrected chi connectivity index (χ0v) is 12.2. The van der Waals surface area contributed by atoms with Gasteiger partial charge in [0.05, 0.1) is 5.69 Å². The fraction of sp³-hybridized carbons (Fsp3) is 0.467. The van der Waals surface area contributed by atoms with Gasteiger partial charge in [-0.3, -0.25) is 0 Å². The molecule has 0 unspecified atom stereocenters. The molecule has 0 spiro atoms. The Balaban J connectivity index is 2.21. The van der Waals surface area contributed by atoms with E-state index in [1.54, 1.807) is 0 Å². The SMILES string of the molecule is CCCNCc1ccc(-n2nc(C)cc2C)nc1C. The molecule has 0 bridgehead atoms. The number of nitrogens with zero attached hydrogens (tertiary/aromatic N) is 3. The first-order valence-electron chi connectivity index (χ1n) is 6.82. The van der Waals surface area contributed by atoms with Gasteiger partial charge in [0.2, 0.25) is 0 Å². The van der Waals surface area contributed by atoms with Gasteiger partial charge in [-0.15, -0.1) is 0 Å². The molecule has 0 aliphatic rings. The van der Waals surface area contributed by atoms with Crippen LogP contribution in [0.4, 0.5) is 0 Å². The molecule has 4 heteroatoms. The van der Waals surface area contributed by atoms with Gasteiger partial charge in [-0.1, -0.05) is 13.0 Å². The number of aromatic nitrogens is 3. The minimum Gasteiger partial charge on any atom is -0.313 e. The van der Waals surface area contributed by atoms with Crippen LogP contribution in [0, 0.1) is 20.8 Å². The summed E-state index contributed by atoms with van der Waals surface area (Å²) in [6.07, 6.45) is 1.15. The van der Waals surface area contributed by atoms with Crippen molar-refractivity contribution in [2.75, 3.05) is 6.54 Å². The summed E-state index contributed by atoms with van der Waals surface area (Å²) in [7, 11) is 0. The summed E-state index contributed by atoms with van der Waals surface area (Å²) in [5.74, 6) is 0.891. The number of nitrogens with one attached hydrogen (secondary N) is 1. The molecule has 2 aromatic rings. The Morgan fingerprint density at radius 1 is 1.21 bits per heavy atom. The molecule has 0 fully saturated rings. The molecule has 19 heavy (non-hydrogen) atoms. The second-order valence-corrected chi connectivity index (χ2v) is 4.93. The van der Waals surface area contributed by atoms with Crippen molar-refractivity contribution < 1.29 is 0 Å². The number of pyridine rings is 1. The summed E-state index contributed by atoms with van der Waals surface area (Å²) in [6.45, 7) is 10.2. The van der Waals surface area contributed by atoms with Gasteiger partial charge in [-0.25, -0.2) is 9.67 Å². The van der Waals surface area contributed by atoms with Crippen molar-refractivity contribution in [1.29, 1.82) is 0 Å². The molecule has 2 rings (SSSR count). The van der Waals surface area contributed by atoms with Crippen LogP contribution in [0.15, 0.2) is 18.2 Å². The summed E-state index contributed by atoms with van der Waals surface area (Å²) in [5.41, 5.74) is 4.44. The molecule has 0 aliphatic carbocycles. The predicted octanol–water partition coefficient (Wildman–Crippen LogP) is 2.69. The number of aryl methyl sites for hydroxylation is 3. The van der Waals surface area contributed by atoms with Crippen molar-refractivity contribution in [3.8, 4) is 5.82 Å². The second kappa shape index (κ2) is 5.97. The Kier molecular flexibility index (Phi) is 4.32. The zero-order chi connectivity index (χ0) is 13.8. The lowest BCUT2D eigenvalue weighted by Gasteiger charge is -2.09. The van der Waals surface area contributed by atoms with E-state index in [4.69, 9.17) is 0 Å². The molecule has 2 heterocycles. The minimum absolute atomic E-state index is 0.879. The van der Waals surface area contributed by atoms with Crippen LogP contribution in [0.25, 0.3) is 5.82 Å². The molecule has 0 saturated carbocycles. The molecule has 102 valence electrons. The molecule has 0 aliphatic heterocycles. The molecular weight excluding hydrogens is 236 g/mol. The zero-order valence-electron chi connectivity index (χ0n) is 12.2. The maximum atomic E-state index is 4.66. The molecular formula is C15H22N4. The summed E-state index contributed by atoms with van der Waals surface area (Å²) in [5, 5.41) is 7.87. The quantitative estimate of drug-likeness (QED) is 0.838. The normalized spacial score (nSPS) is 10.9. The number of hydrogen-bond donors (Lipinski definition) is 1. The van der Waals surface area contributed by atoms with Crippen molar-refractivity contribution >= 4 is 0 Å². The Hall–Kier alpha value is -1.68. The smallest absolute Gasteiger partial charge is 0.153 e. The van der Waals surface area contributed by atoms with Crippen molar-refractivity contribution in [1.82, 2.24) is 20.1 Å². The fourth-order valence-electron chi connectivity index (χ4n) is 2.14. The third-order valence-electron chi connectivity index (χ3n) is 3.15. The molecule has 0 aromatic carbocycles. The summed E-state index contributed by atoms with van der Waals surface area (Å²) < 4.78 is 1.89. The van der Waals surface area contributed by atoms with Crippen molar-refractivity contribution in [3.05, 3.63) is 40.8 Å². The second-order valence-electron chi connectivity index (χ2n) is 4.93. The Morgan fingerprint density at radius 2 is 2.00 bits per heavy atom. The standard InChI is InChI=1S/C15H22N4/c1-5-8-16-10-14-6-7-15(17-13(14)4)19-12(3)9-11(2)18-19/h6-7,9,16H,5,8,10H2,1-4H3. The van der Waals surface area contributed by atoms with E-state index in [0.717, 1.165) is 42.4 Å². The van der Waals surface area contributed by atoms with Crippen LogP contribution in [0.5, 0.6) is 0 Å². The lowest BCUT2D eigenvalue weighted by Crippen LogP contribution is -2.15. The molecule has 0 amide bonds. The van der Waals surface area contributed by atoms with Gasteiger partial charge in [0.15, 0.2) is 5.82 Å². The summed E-state index contributed by atoms with van der Waals surface area (Å²) >= 11 is 0. The minimum atomic E-state index is 0.879. The van der Waals surface area contributed by atoms with Crippen LogP contribution in [-0.4, -0.2) is 21.3 Å². The van der Waals surface area contributed by atoms with E-state index < -0.39 is 0 Å². The maximum Gasteiger partial charge on any atom is 0.153 e. The van der Waals surface area contributed by atoms with Crippen molar-refractivity contribution in [2.24, 2.45) is 0 Å². The molecule has 0 radical (unpaired) electrons. The van der Waals surface area contributed by atoms with Crippen LogP contribution < -0.4 is 5.32 Å². The average Bonchev–Trinajstić information content (AvgIpc) is 2.71. The van der Waals surface area contributed by atoms with Crippen LogP contribution in [0.1, 0.15) is 36.0 Å². The van der Waals surface area contributed by atoms with Crippen molar-refractivity contribution in [2.45, 2.75) is 40.7 Å². The average molecular weight is 258 g/mol. The van der Waals surface area contributed by atoms with Crippen LogP contribution >= 0.6 is 0 Å². The maximum absolute atomic E-state index is 4.66. The highest BCUT2D eigenvalue weighted by atomic mass is 15.3. The lowest BCUT2D eigenvalue weighted by atomic mass is 10.2. The van der Waals surface area contributed by atoms with E-state index >= 15 is 0 Å². The van der Waals surface area contributed by atoms with Crippen LogP contribution in [0.2, 0.25) is 0 Å². The fourth-order valence-corrected chi connectivity index (χ4v) is 2.14. The molecule has 0 saturated heterocycles. The number of hydrogen-bond acceptors (Lipinski definition) is 3. The summed E-state index contributed by atoms with van der Waals surface area (Å²) in [4.78, 5) is 4.66. The van der Waals surface area contributed by atoms with E-state index in [-0.39, 0.29) is 0 Å². The Morgan fingerprint density at radius 3 is 2.58 bits per heavy atom. The van der Waals surface area contributed by atoms with E-state index in [1.807, 2.05) is 24.6 Å². The third-order valence-corrected chi connectivity index (χ3v) is 3.15. The Bertz CT molecular complexity index is 557. The monoisotopic (exact) mass is 258 g/mol. The predicted molar refractivity (Wildman–Crippen MR) is 77.6 cm³/mol. The Labute approximate surface area is 114 Å². The third kappa shape index (κ3) is 3.20. The highest BCUT2D eigenvalue weighted by Gasteiger charge is 2.07. The molecule has 1 N–H and O–H groups in total. The first-order chi connectivity index (χ1) is 9.11. The van der Waals surface area contributed by atoms with E-state index in [0.29, 0.717) is 0 Å². The largest absolute Gasteiger partial charge is 0.313 e. The van der Waals surface area contributed by atoms with Gasteiger partial charge in [0.25, 0.3) is 0 Å². The lowest BCUT2D eigenvalue weighted by molar-refractivity contribution is 0.669. The highest BCUT2D eigenvalue weighted by molar-refractivity contribution is 5.31. The van der Waals surface area contributed by atoms with Gasteiger partial charge < -0.3 is 5.32 Å². The summed E-state index contributed by atoms with van der Waals surface area (Å²) in [6, 6.07) is 6.24. The van der Waals surface area contributed by atoms with Crippen LogP contribution in [0.3, 0.4) is 0 Å². The van der Waals surface area contributed by atoms with E-state index in [2.05, 4.69) is 41.4 Å². The molecule has 2 aromatic heterocycles. The van der Waals surface area contributed by atoms with Crippen LogP contribution in [-0.2, 0) is 6.54 Å². The van der Waals surface area contributed by atoms with Gasteiger partial charge >= 0.3 is 0 Å². The van der Waals surface area contributed by atoms with E-state index in [1.165, 1.54) is 5.56 Å². The topological polar surface area (TPSA) is 42.7 Å². The van der Waals surface area contributed by atoms with Gasteiger partial charge in [0.1, 0.15) is 0 Å². The van der Waals surface area contributed by atoms with Gasteiger partial charge in [-0.2, -0.15) is 5.10 Å². The first kappa shape index (κ1) is 13.7. The van der Waals surface area contributed by atoms with E-state index in [9.17, 15) is 0 Å².